The second kappa shape index (κ2) is 8.11. The van der Waals surface area contributed by atoms with Gasteiger partial charge < -0.3 is 9.47 Å². The molecule has 0 unspecified atom stereocenters. The van der Waals surface area contributed by atoms with Gasteiger partial charge in [0.25, 0.3) is 0 Å². The predicted molar refractivity (Wildman–Crippen MR) is 78.7 cm³/mol. The van der Waals surface area contributed by atoms with Crippen LogP contribution < -0.4 is 4.72 Å². The number of esters is 1. The molecule has 0 aliphatic heterocycles. The van der Waals surface area contributed by atoms with Crippen LogP contribution in [0.5, 0.6) is 0 Å². The summed E-state index contributed by atoms with van der Waals surface area (Å²) in [7, 11) is -2.39. The molecule has 0 saturated carbocycles. The van der Waals surface area contributed by atoms with E-state index in [4.69, 9.17) is 4.74 Å². The van der Waals surface area contributed by atoms with Crippen LogP contribution in [0.2, 0.25) is 0 Å². The lowest BCUT2D eigenvalue weighted by atomic mass is 10.2. The summed E-state index contributed by atoms with van der Waals surface area (Å²) < 4.78 is 36.5. The molecule has 0 spiro atoms. The molecule has 0 atom stereocenters. The first-order valence-electron chi connectivity index (χ1n) is 6.66. The lowest BCUT2D eigenvalue weighted by molar-refractivity contribution is 0.0600. The molecule has 0 saturated heterocycles. The van der Waals surface area contributed by atoms with Crippen molar-refractivity contribution in [3.63, 3.8) is 0 Å². The number of rotatable bonds is 8. The molecule has 1 aromatic rings. The summed E-state index contributed by atoms with van der Waals surface area (Å²) in [6.07, 6.45) is 0.701. The Morgan fingerprint density at radius 2 is 2.05 bits per heavy atom. The van der Waals surface area contributed by atoms with Gasteiger partial charge in [-0.3, -0.25) is 0 Å². The highest BCUT2D eigenvalue weighted by molar-refractivity contribution is 7.89. The Bertz CT molecular complexity index is 568. The fourth-order valence-electron chi connectivity index (χ4n) is 1.59. The van der Waals surface area contributed by atoms with E-state index in [-0.39, 0.29) is 23.1 Å². The smallest absolute Gasteiger partial charge is 0.337 e. The molecule has 0 bridgehead atoms. The molecular weight excluding hydrogens is 294 g/mol. The van der Waals surface area contributed by atoms with E-state index < -0.39 is 16.0 Å². The van der Waals surface area contributed by atoms with Crippen LogP contribution in [0.25, 0.3) is 0 Å². The molecule has 6 nitrogen and oxygen atoms in total. The van der Waals surface area contributed by atoms with Gasteiger partial charge in [-0.2, -0.15) is 0 Å². The van der Waals surface area contributed by atoms with Gasteiger partial charge in [0.1, 0.15) is 0 Å². The van der Waals surface area contributed by atoms with E-state index in [2.05, 4.69) is 9.46 Å². The summed E-state index contributed by atoms with van der Waals surface area (Å²) >= 11 is 0. The van der Waals surface area contributed by atoms with E-state index in [1.165, 1.54) is 31.4 Å². The Morgan fingerprint density at radius 3 is 2.67 bits per heavy atom. The number of hydrogen-bond acceptors (Lipinski definition) is 5. The quantitative estimate of drug-likeness (QED) is 0.581. The number of sulfonamides is 1. The molecule has 0 aromatic heterocycles. The van der Waals surface area contributed by atoms with Crippen LogP contribution in [0.4, 0.5) is 0 Å². The van der Waals surface area contributed by atoms with E-state index in [1.54, 1.807) is 0 Å². The van der Waals surface area contributed by atoms with Crippen molar-refractivity contribution in [3.8, 4) is 0 Å². The van der Waals surface area contributed by atoms with Gasteiger partial charge in [-0.25, -0.2) is 17.9 Å². The van der Waals surface area contributed by atoms with Crippen LogP contribution in [0.15, 0.2) is 29.2 Å². The Balaban J connectivity index is 2.64. The number of carbonyl (C=O) groups is 1. The van der Waals surface area contributed by atoms with Gasteiger partial charge in [-0.05, 0) is 38.5 Å². The maximum atomic E-state index is 12.1. The normalized spacial score (nSPS) is 11.6. The maximum absolute atomic E-state index is 12.1. The molecule has 0 amide bonds. The first-order chi connectivity index (χ1) is 9.86. The van der Waals surface area contributed by atoms with Crippen molar-refractivity contribution in [3.05, 3.63) is 29.8 Å². The molecule has 0 radical (unpaired) electrons. The van der Waals surface area contributed by atoms with Crippen LogP contribution in [-0.4, -0.2) is 40.8 Å². The van der Waals surface area contributed by atoms with Crippen molar-refractivity contribution < 1.29 is 22.7 Å². The van der Waals surface area contributed by atoms with E-state index in [0.29, 0.717) is 13.0 Å². The fourth-order valence-corrected chi connectivity index (χ4v) is 2.71. The predicted octanol–water partition coefficient (Wildman–Crippen LogP) is 1.57. The zero-order valence-corrected chi connectivity index (χ0v) is 13.3. The van der Waals surface area contributed by atoms with Crippen molar-refractivity contribution in [1.29, 1.82) is 0 Å². The van der Waals surface area contributed by atoms with Crippen molar-refractivity contribution >= 4 is 16.0 Å². The minimum atomic E-state index is -3.64. The van der Waals surface area contributed by atoms with Gasteiger partial charge in [0.05, 0.1) is 23.7 Å². The van der Waals surface area contributed by atoms with E-state index in [0.717, 1.165) is 0 Å². The third-order valence-electron chi connectivity index (χ3n) is 2.63. The highest BCUT2D eigenvalue weighted by Crippen LogP contribution is 2.12. The Kier molecular flexibility index (Phi) is 6.80. The van der Waals surface area contributed by atoms with Crippen molar-refractivity contribution in [2.75, 3.05) is 20.3 Å². The van der Waals surface area contributed by atoms with E-state index in [9.17, 15) is 13.2 Å². The zero-order valence-electron chi connectivity index (χ0n) is 12.5. The molecule has 0 aliphatic rings. The second-order valence-corrected chi connectivity index (χ2v) is 6.46. The van der Waals surface area contributed by atoms with Gasteiger partial charge in [-0.15, -0.1) is 0 Å². The maximum Gasteiger partial charge on any atom is 0.337 e. The number of methoxy groups -OCH3 is 1. The van der Waals surface area contributed by atoms with E-state index >= 15 is 0 Å². The van der Waals surface area contributed by atoms with Gasteiger partial charge in [0.2, 0.25) is 10.0 Å². The highest BCUT2D eigenvalue weighted by atomic mass is 32.2. The number of ether oxygens (including phenoxy) is 2. The molecular formula is C14H21NO5S. The molecule has 1 N–H and O–H groups in total. The third kappa shape index (κ3) is 5.82. The van der Waals surface area contributed by atoms with Crippen molar-refractivity contribution in [2.45, 2.75) is 31.3 Å². The largest absolute Gasteiger partial charge is 0.465 e. The van der Waals surface area contributed by atoms with Gasteiger partial charge in [-0.1, -0.05) is 6.07 Å². The van der Waals surface area contributed by atoms with Crippen molar-refractivity contribution in [1.82, 2.24) is 4.72 Å². The summed E-state index contributed by atoms with van der Waals surface area (Å²) in [4.78, 5) is 11.4. The molecule has 118 valence electrons. The van der Waals surface area contributed by atoms with Crippen LogP contribution in [0.3, 0.4) is 0 Å². The average molecular weight is 315 g/mol. The summed E-state index contributed by atoms with van der Waals surface area (Å²) in [6.45, 7) is 4.60. The Labute approximate surface area is 125 Å². The lowest BCUT2D eigenvalue weighted by Gasteiger charge is -2.09. The molecule has 21 heavy (non-hydrogen) atoms. The molecule has 1 aromatic carbocycles. The first-order valence-corrected chi connectivity index (χ1v) is 8.15. The Morgan fingerprint density at radius 1 is 1.33 bits per heavy atom. The summed E-state index contributed by atoms with van der Waals surface area (Å²) in [5.74, 6) is -0.572. The zero-order chi connectivity index (χ0) is 15.9. The van der Waals surface area contributed by atoms with Crippen LogP contribution in [0, 0.1) is 0 Å². The molecule has 0 fully saturated rings. The Hall–Kier alpha value is -1.44. The van der Waals surface area contributed by atoms with E-state index in [1.807, 2.05) is 13.8 Å². The molecule has 1 rings (SSSR count). The van der Waals surface area contributed by atoms with Gasteiger partial charge in [0.15, 0.2) is 0 Å². The fraction of sp³-hybridized carbons (Fsp3) is 0.500. The summed E-state index contributed by atoms with van der Waals surface area (Å²) in [5, 5.41) is 0. The third-order valence-corrected chi connectivity index (χ3v) is 4.09. The average Bonchev–Trinajstić information content (AvgIpc) is 2.45. The number of nitrogens with one attached hydrogen (secondary N) is 1. The topological polar surface area (TPSA) is 81.7 Å². The van der Waals surface area contributed by atoms with Gasteiger partial charge >= 0.3 is 5.97 Å². The number of carbonyl (C=O) groups excluding carboxylic acids is 1. The summed E-state index contributed by atoms with van der Waals surface area (Å²) in [5.41, 5.74) is 0.198. The minimum Gasteiger partial charge on any atom is -0.465 e. The van der Waals surface area contributed by atoms with Crippen LogP contribution >= 0.6 is 0 Å². The minimum absolute atomic E-state index is 0.0372. The standard InChI is InChI=1S/C14H21NO5S/c1-11(2)20-9-5-8-15-21(17,18)13-7-4-6-12(10-13)14(16)19-3/h4,6-7,10-11,15H,5,8-9H2,1-3H3. The van der Waals surface area contributed by atoms with Gasteiger partial charge in [0, 0.05) is 13.2 Å². The number of benzene rings is 1. The SMILES string of the molecule is COC(=O)c1cccc(S(=O)(=O)NCCCOC(C)C)c1. The van der Waals surface area contributed by atoms with Crippen LogP contribution in [-0.2, 0) is 19.5 Å². The number of hydrogen-bond donors (Lipinski definition) is 1. The highest BCUT2D eigenvalue weighted by Gasteiger charge is 2.15. The second-order valence-electron chi connectivity index (χ2n) is 4.69. The summed E-state index contributed by atoms with van der Waals surface area (Å²) in [6, 6.07) is 5.72. The van der Waals surface area contributed by atoms with Crippen LogP contribution in [0.1, 0.15) is 30.6 Å². The molecule has 0 aliphatic carbocycles. The van der Waals surface area contributed by atoms with Crippen molar-refractivity contribution in [2.24, 2.45) is 0 Å². The lowest BCUT2D eigenvalue weighted by Crippen LogP contribution is -2.26. The monoisotopic (exact) mass is 315 g/mol. The first kappa shape index (κ1) is 17.6. The molecule has 0 heterocycles. The molecule has 7 heteroatoms.